The first-order valence-corrected chi connectivity index (χ1v) is 5.20. The normalized spacial score (nSPS) is 12.1. The van der Waals surface area contributed by atoms with Gasteiger partial charge in [0.25, 0.3) is 10.1 Å². The lowest BCUT2D eigenvalue weighted by atomic mass is 10.3. The molecule has 0 bridgehead atoms. The van der Waals surface area contributed by atoms with Gasteiger partial charge in [-0.15, -0.1) is 5.10 Å². The number of benzene rings is 1. The standard InChI is InChI=1S/C7H7N3O3S/c1-10-5-3-2-4-6(14(11,12)13)7(5)8-9-10/h2-4H,1H3,(H,11,12,13). The first kappa shape index (κ1) is 9.10. The third kappa shape index (κ3) is 1.26. The fourth-order valence-electron chi connectivity index (χ4n) is 1.24. The predicted molar refractivity (Wildman–Crippen MR) is 48.3 cm³/mol. The van der Waals surface area contributed by atoms with Crippen molar-refractivity contribution in [3.63, 3.8) is 0 Å². The molecule has 14 heavy (non-hydrogen) atoms. The van der Waals surface area contributed by atoms with Gasteiger partial charge in [0.2, 0.25) is 0 Å². The van der Waals surface area contributed by atoms with Gasteiger partial charge in [-0.05, 0) is 12.1 Å². The molecule has 1 heterocycles. The van der Waals surface area contributed by atoms with Crippen molar-refractivity contribution in [2.24, 2.45) is 7.05 Å². The van der Waals surface area contributed by atoms with Gasteiger partial charge >= 0.3 is 0 Å². The minimum atomic E-state index is -4.23. The summed E-state index contributed by atoms with van der Waals surface area (Å²) in [6.07, 6.45) is 0. The van der Waals surface area contributed by atoms with E-state index in [-0.39, 0.29) is 10.4 Å². The monoisotopic (exact) mass is 213 g/mol. The van der Waals surface area contributed by atoms with Gasteiger partial charge in [-0.25, -0.2) is 4.68 Å². The van der Waals surface area contributed by atoms with Crippen molar-refractivity contribution >= 4 is 21.2 Å². The van der Waals surface area contributed by atoms with Gasteiger partial charge in [0, 0.05) is 7.05 Å². The molecule has 74 valence electrons. The molecule has 0 saturated carbocycles. The summed E-state index contributed by atoms with van der Waals surface area (Å²) < 4.78 is 32.2. The maximum absolute atomic E-state index is 10.9. The highest BCUT2D eigenvalue weighted by Crippen LogP contribution is 2.19. The Morgan fingerprint density at radius 2 is 2.14 bits per heavy atom. The fourth-order valence-corrected chi connectivity index (χ4v) is 1.88. The first-order valence-electron chi connectivity index (χ1n) is 3.76. The summed E-state index contributed by atoms with van der Waals surface area (Å²) in [5.74, 6) is 0. The van der Waals surface area contributed by atoms with E-state index in [2.05, 4.69) is 10.3 Å². The van der Waals surface area contributed by atoms with Crippen LogP contribution in [0.5, 0.6) is 0 Å². The highest BCUT2D eigenvalue weighted by Gasteiger charge is 2.16. The topological polar surface area (TPSA) is 85.1 Å². The molecular formula is C7H7N3O3S. The van der Waals surface area contributed by atoms with Crippen LogP contribution in [0.1, 0.15) is 0 Å². The van der Waals surface area contributed by atoms with Crippen molar-refractivity contribution in [1.29, 1.82) is 0 Å². The lowest BCUT2D eigenvalue weighted by molar-refractivity contribution is 0.484. The van der Waals surface area contributed by atoms with Gasteiger partial charge < -0.3 is 0 Å². The van der Waals surface area contributed by atoms with Crippen molar-refractivity contribution < 1.29 is 13.0 Å². The molecule has 0 amide bonds. The quantitative estimate of drug-likeness (QED) is 0.684. The highest BCUT2D eigenvalue weighted by molar-refractivity contribution is 7.86. The zero-order valence-corrected chi connectivity index (χ0v) is 8.06. The van der Waals surface area contributed by atoms with Crippen LogP contribution >= 0.6 is 0 Å². The van der Waals surface area contributed by atoms with E-state index in [0.29, 0.717) is 5.52 Å². The molecule has 7 heteroatoms. The molecule has 0 aliphatic rings. The molecule has 1 N–H and O–H groups in total. The summed E-state index contributed by atoms with van der Waals surface area (Å²) >= 11 is 0. The average molecular weight is 213 g/mol. The number of fused-ring (bicyclic) bond motifs is 1. The van der Waals surface area contributed by atoms with E-state index < -0.39 is 10.1 Å². The van der Waals surface area contributed by atoms with E-state index in [1.807, 2.05) is 0 Å². The van der Waals surface area contributed by atoms with Gasteiger partial charge in [-0.2, -0.15) is 8.42 Å². The Balaban J connectivity index is 2.92. The van der Waals surface area contributed by atoms with Crippen LogP contribution in [0.2, 0.25) is 0 Å². The number of rotatable bonds is 1. The van der Waals surface area contributed by atoms with Gasteiger partial charge in [0.1, 0.15) is 10.4 Å². The second-order valence-electron chi connectivity index (χ2n) is 2.81. The van der Waals surface area contributed by atoms with E-state index >= 15 is 0 Å². The molecule has 0 unspecified atom stereocenters. The van der Waals surface area contributed by atoms with E-state index in [1.54, 1.807) is 13.1 Å². The first-order chi connectivity index (χ1) is 6.50. The molecular weight excluding hydrogens is 206 g/mol. The Morgan fingerprint density at radius 1 is 1.43 bits per heavy atom. The second-order valence-corrected chi connectivity index (χ2v) is 4.20. The Hall–Kier alpha value is -1.47. The van der Waals surface area contributed by atoms with Crippen molar-refractivity contribution in [3.8, 4) is 0 Å². The number of hydrogen-bond acceptors (Lipinski definition) is 4. The summed E-state index contributed by atoms with van der Waals surface area (Å²) in [6, 6.07) is 4.48. The van der Waals surface area contributed by atoms with Crippen LogP contribution in [0.3, 0.4) is 0 Å². The molecule has 0 saturated heterocycles. The van der Waals surface area contributed by atoms with Crippen LogP contribution in [0, 0.1) is 0 Å². The Labute approximate surface area is 79.9 Å². The Morgan fingerprint density at radius 3 is 2.79 bits per heavy atom. The van der Waals surface area contributed by atoms with Crippen LogP contribution in [0.25, 0.3) is 11.0 Å². The maximum atomic E-state index is 10.9. The van der Waals surface area contributed by atoms with Crippen molar-refractivity contribution in [2.45, 2.75) is 4.90 Å². The molecule has 2 rings (SSSR count). The molecule has 2 aromatic rings. The SMILES string of the molecule is Cn1nnc2c(S(=O)(=O)O)cccc21. The highest BCUT2D eigenvalue weighted by atomic mass is 32.2. The zero-order chi connectivity index (χ0) is 10.3. The molecule has 0 aliphatic carbocycles. The molecule has 1 aromatic heterocycles. The van der Waals surface area contributed by atoms with Crippen LogP contribution in [0.4, 0.5) is 0 Å². The van der Waals surface area contributed by atoms with Crippen LogP contribution in [-0.2, 0) is 17.2 Å². The second kappa shape index (κ2) is 2.76. The maximum Gasteiger partial charge on any atom is 0.296 e. The van der Waals surface area contributed by atoms with Gasteiger partial charge in [-0.1, -0.05) is 11.3 Å². The minimum absolute atomic E-state index is 0.178. The van der Waals surface area contributed by atoms with E-state index in [4.69, 9.17) is 4.55 Å². The molecule has 0 aliphatic heterocycles. The molecule has 0 fully saturated rings. The molecule has 0 radical (unpaired) electrons. The number of nitrogens with zero attached hydrogens (tertiary/aromatic N) is 3. The number of hydrogen-bond donors (Lipinski definition) is 1. The van der Waals surface area contributed by atoms with Gasteiger partial charge in [-0.3, -0.25) is 4.55 Å². The minimum Gasteiger partial charge on any atom is -0.282 e. The van der Waals surface area contributed by atoms with Crippen LogP contribution in [0.15, 0.2) is 23.1 Å². The summed E-state index contributed by atoms with van der Waals surface area (Å²) in [5, 5.41) is 7.32. The average Bonchev–Trinajstić information content (AvgIpc) is 2.46. The smallest absolute Gasteiger partial charge is 0.282 e. The van der Waals surface area contributed by atoms with Gasteiger partial charge in [0.15, 0.2) is 0 Å². The fraction of sp³-hybridized carbons (Fsp3) is 0.143. The molecule has 0 spiro atoms. The van der Waals surface area contributed by atoms with E-state index in [9.17, 15) is 8.42 Å². The Kier molecular flexibility index (Phi) is 1.79. The van der Waals surface area contributed by atoms with Crippen molar-refractivity contribution in [1.82, 2.24) is 15.0 Å². The summed E-state index contributed by atoms with van der Waals surface area (Å²) in [7, 11) is -2.59. The number of aryl methyl sites for hydroxylation is 1. The lowest BCUT2D eigenvalue weighted by Gasteiger charge is -1.96. The van der Waals surface area contributed by atoms with Crippen LogP contribution < -0.4 is 0 Å². The summed E-state index contributed by atoms with van der Waals surface area (Å²) in [4.78, 5) is -0.219. The third-order valence-electron chi connectivity index (χ3n) is 1.88. The van der Waals surface area contributed by atoms with Crippen LogP contribution in [-0.4, -0.2) is 28.0 Å². The molecule has 6 nitrogen and oxygen atoms in total. The van der Waals surface area contributed by atoms with Crippen molar-refractivity contribution in [2.75, 3.05) is 0 Å². The largest absolute Gasteiger partial charge is 0.296 e. The molecule has 1 aromatic carbocycles. The third-order valence-corrected chi connectivity index (χ3v) is 2.77. The van der Waals surface area contributed by atoms with E-state index in [0.717, 1.165) is 0 Å². The predicted octanol–water partition coefficient (Wildman–Crippen LogP) is 0.215. The number of aromatic nitrogens is 3. The summed E-state index contributed by atoms with van der Waals surface area (Å²) in [6.45, 7) is 0. The summed E-state index contributed by atoms with van der Waals surface area (Å²) in [5.41, 5.74) is 0.734. The van der Waals surface area contributed by atoms with Gasteiger partial charge in [0.05, 0.1) is 5.52 Å². The van der Waals surface area contributed by atoms with E-state index in [1.165, 1.54) is 16.8 Å². The lowest BCUT2D eigenvalue weighted by Crippen LogP contribution is -1.99. The zero-order valence-electron chi connectivity index (χ0n) is 7.25. The Bertz CT molecular complexity index is 587. The molecule has 0 atom stereocenters. The van der Waals surface area contributed by atoms with Crippen molar-refractivity contribution in [3.05, 3.63) is 18.2 Å².